The van der Waals surface area contributed by atoms with Gasteiger partial charge in [0.25, 0.3) is 0 Å². The molecular weight excluding hydrogens is 751 g/mol. The number of para-hydroxylation sites is 1. The highest BCUT2D eigenvalue weighted by Crippen LogP contribution is 2.44. The minimum Gasteiger partial charge on any atom is -0.456 e. The first-order valence-electron chi connectivity index (χ1n) is 21.2. The summed E-state index contributed by atoms with van der Waals surface area (Å²) in [6, 6.07) is 85.6. The Morgan fingerprint density at radius 1 is 0.274 bits per heavy atom. The van der Waals surface area contributed by atoms with E-state index in [0.717, 1.165) is 44.9 Å². The number of benzene rings is 11. The normalized spacial score (nSPS) is 11.5. The van der Waals surface area contributed by atoms with Crippen LogP contribution in [0.5, 0.6) is 0 Å². The van der Waals surface area contributed by atoms with Gasteiger partial charge < -0.3 is 9.32 Å². The van der Waals surface area contributed by atoms with Gasteiger partial charge in [0.15, 0.2) is 0 Å². The van der Waals surface area contributed by atoms with Crippen molar-refractivity contribution in [3.63, 3.8) is 0 Å². The van der Waals surface area contributed by atoms with E-state index in [4.69, 9.17) is 4.42 Å². The maximum absolute atomic E-state index is 6.31. The number of fused-ring (bicyclic) bond motifs is 6. The molecule has 2 nitrogen and oxygen atoms in total. The molecule has 2 heteroatoms. The second-order valence-corrected chi connectivity index (χ2v) is 16.1. The van der Waals surface area contributed by atoms with Crippen LogP contribution in [0.3, 0.4) is 0 Å². The van der Waals surface area contributed by atoms with Gasteiger partial charge in [-0.15, -0.1) is 0 Å². The number of hydrogen-bond acceptors (Lipinski definition) is 2. The van der Waals surface area contributed by atoms with Crippen LogP contribution in [0.4, 0.5) is 17.1 Å². The molecule has 0 saturated heterocycles. The lowest BCUT2D eigenvalue weighted by atomic mass is 9.93. The lowest BCUT2D eigenvalue weighted by Gasteiger charge is -2.28. The number of nitrogens with zero attached hydrogens (tertiary/aromatic N) is 1. The fourth-order valence-corrected chi connectivity index (χ4v) is 9.38. The molecule has 0 radical (unpaired) electrons. The largest absolute Gasteiger partial charge is 0.456 e. The summed E-state index contributed by atoms with van der Waals surface area (Å²) >= 11 is 0. The molecule has 62 heavy (non-hydrogen) atoms. The number of anilines is 3. The molecule has 1 aromatic heterocycles. The molecule has 12 aromatic rings. The van der Waals surface area contributed by atoms with Crippen LogP contribution in [-0.2, 0) is 0 Å². The maximum atomic E-state index is 6.31. The second kappa shape index (κ2) is 14.8. The Bertz CT molecular complexity index is 3600. The van der Waals surface area contributed by atoms with Gasteiger partial charge in [-0.3, -0.25) is 0 Å². The summed E-state index contributed by atoms with van der Waals surface area (Å²) in [5.74, 6) is 0.868. The SMILES string of the molecule is c1cc(-c2cc3ccccc3o2)cc(-c2ccc(N(c3ccc(-c4ccc5ccccc5c4)cc3)c3ccc(-c4cc5ccccc5c5ccccc45)cc3)c3ccccc23)c1. The average molecular weight is 790 g/mol. The highest BCUT2D eigenvalue weighted by molar-refractivity contribution is 6.14. The van der Waals surface area contributed by atoms with Crippen LogP contribution >= 0.6 is 0 Å². The van der Waals surface area contributed by atoms with Gasteiger partial charge in [0.05, 0.1) is 5.69 Å². The highest BCUT2D eigenvalue weighted by Gasteiger charge is 2.19. The Balaban J connectivity index is 0.989. The van der Waals surface area contributed by atoms with E-state index < -0.39 is 0 Å². The summed E-state index contributed by atoms with van der Waals surface area (Å²) in [7, 11) is 0. The van der Waals surface area contributed by atoms with Gasteiger partial charge in [-0.2, -0.15) is 0 Å². The van der Waals surface area contributed by atoms with Gasteiger partial charge in [0, 0.05) is 27.7 Å². The van der Waals surface area contributed by atoms with Crippen molar-refractivity contribution in [1.82, 2.24) is 0 Å². The molecule has 0 aliphatic carbocycles. The Morgan fingerprint density at radius 2 is 0.855 bits per heavy atom. The first-order valence-corrected chi connectivity index (χ1v) is 21.2. The summed E-state index contributed by atoms with van der Waals surface area (Å²) in [6.45, 7) is 0. The highest BCUT2D eigenvalue weighted by atomic mass is 16.3. The van der Waals surface area contributed by atoms with Crippen LogP contribution in [0.25, 0.3) is 98.8 Å². The Morgan fingerprint density at radius 3 is 1.61 bits per heavy atom. The summed E-state index contributed by atoms with van der Waals surface area (Å²) < 4.78 is 6.31. The Hall–Kier alpha value is -8.20. The van der Waals surface area contributed by atoms with E-state index in [1.807, 2.05) is 12.1 Å². The summed E-state index contributed by atoms with van der Waals surface area (Å²) in [4.78, 5) is 2.41. The van der Waals surface area contributed by atoms with Crippen molar-refractivity contribution < 1.29 is 4.42 Å². The molecule has 0 spiro atoms. The first-order chi connectivity index (χ1) is 30.7. The van der Waals surface area contributed by atoms with Gasteiger partial charge in [-0.25, -0.2) is 0 Å². The molecule has 0 aliphatic rings. The zero-order chi connectivity index (χ0) is 41.0. The third-order valence-electron chi connectivity index (χ3n) is 12.4. The van der Waals surface area contributed by atoms with Crippen molar-refractivity contribution in [3.05, 3.63) is 237 Å². The molecule has 0 aliphatic heterocycles. The average Bonchev–Trinajstić information content (AvgIpc) is 3.79. The zero-order valence-electron chi connectivity index (χ0n) is 33.9. The first kappa shape index (κ1) is 35.7. The van der Waals surface area contributed by atoms with Crippen molar-refractivity contribution in [2.75, 3.05) is 4.90 Å². The van der Waals surface area contributed by atoms with Crippen molar-refractivity contribution in [2.24, 2.45) is 0 Å². The van der Waals surface area contributed by atoms with E-state index in [9.17, 15) is 0 Å². The molecule has 0 bridgehead atoms. The molecule has 0 fully saturated rings. The van der Waals surface area contributed by atoms with Gasteiger partial charge in [0.1, 0.15) is 11.3 Å². The van der Waals surface area contributed by atoms with Gasteiger partial charge >= 0.3 is 0 Å². The van der Waals surface area contributed by atoms with Crippen LogP contribution in [-0.4, -0.2) is 0 Å². The fraction of sp³-hybridized carbons (Fsp3) is 0. The third-order valence-corrected chi connectivity index (χ3v) is 12.4. The van der Waals surface area contributed by atoms with Crippen LogP contribution in [0.15, 0.2) is 241 Å². The third kappa shape index (κ3) is 6.20. The minimum absolute atomic E-state index is 0.868. The van der Waals surface area contributed by atoms with Crippen molar-refractivity contribution in [2.45, 2.75) is 0 Å². The predicted octanol–water partition coefficient (Wildman–Crippen LogP) is 17.2. The molecule has 0 unspecified atom stereocenters. The smallest absolute Gasteiger partial charge is 0.135 e. The standard InChI is InChI=1S/C60H39NO/c1-2-13-43-36-44(25-24-40(43)12-1)41-26-30-49(31-27-41)61(50-32-28-42(29-33-50)57-38-46-14-3-5-18-51(46)53-19-6-7-21-55(53)57)58-35-34-52(54-20-8-9-22-56(54)58)45-16-11-17-47(37-45)60-39-48-15-4-10-23-59(48)62-60/h1-39H. The molecule has 11 aromatic carbocycles. The van der Waals surface area contributed by atoms with E-state index in [2.05, 4.69) is 229 Å². The number of hydrogen-bond donors (Lipinski definition) is 0. The van der Waals surface area contributed by atoms with Crippen LogP contribution in [0, 0.1) is 0 Å². The van der Waals surface area contributed by atoms with Crippen LogP contribution in [0.2, 0.25) is 0 Å². The molecule has 1 heterocycles. The lowest BCUT2D eigenvalue weighted by molar-refractivity contribution is 0.631. The van der Waals surface area contributed by atoms with E-state index >= 15 is 0 Å². The summed E-state index contributed by atoms with van der Waals surface area (Å²) in [5.41, 5.74) is 12.4. The van der Waals surface area contributed by atoms with Gasteiger partial charge in [-0.05, 0) is 132 Å². The summed E-state index contributed by atoms with van der Waals surface area (Å²) in [5, 5.41) is 11.0. The van der Waals surface area contributed by atoms with E-state index in [-0.39, 0.29) is 0 Å². The fourth-order valence-electron chi connectivity index (χ4n) is 9.38. The van der Waals surface area contributed by atoms with Gasteiger partial charge in [0.2, 0.25) is 0 Å². The van der Waals surface area contributed by atoms with Crippen molar-refractivity contribution in [3.8, 4) is 44.7 Å². The monoisotopic (exact) mass is 789 g/mol. The van der Waals surface area contributed by atoms with Gasteiger partial charge in [-0.1, -0.05) is 176 Å². The van der Waals surface area contributed by atoms with Crippen molar-refractivity contribution >= 4 is 71.1 Å². The van der Waals surface area contributed by atoms with Crippen LogP contribution in [0.1, 0.15) is 0 Å². The maximum Gasteiger partial charge on any atom is 0.135 e. The van der Waals surface area contributed by atoms with Crippen LogP contribution < -0.4 is 4.90 Å². The van der Waals surface area contributed by atoms with E-state index in [1.165, 1.54) is 70.9 Å². The van der Waals surface area contributed by atoms with E-state index in [1.54, 1.807) is 0 Å². The molecule has 290 valence electrons. The lowest BCUT2D eigenvalue weighted by Crippen LogP contribution is -2.10. The number of furan rings is 1. The molecule has 0 N–H and O–H groups in total. The molecule has 12 rings (SSSR count). The summed E-state index contributed by atoms with van der Waals surface area (Å²) in [6.07, 6.45) is 0. The van der Waals surface area contributed by atoms with Crippen molar-refractivity contribution in [1.29, 1.82) is 0 Å². The molecular formula is C60H39NO. The topological polar surface area (TPSA) is 16.4 Å². The molecule has 0 saturated carbocycles. The molecule has 0 atom stereocenters. The Kier molecular flexibility index (Phi) is 8.53. The minimum atomic E-state index is 0.868. The quantitative estimate of drug-likeness (QED) is 0.150. The van der Waals surface area contributed by atoms with E-state index in [0.29, 0.717) is 0 Å². The number of rotatable bonds is 7. The Labute approximate surface area is 360 Å². The molecule has 0 amide bonds. The predicted molar refractivity (Wildman–Crippen MR) is 263 cm³/mol. The zero-order valence-corrected chi connectivity index (χ0v) is 33.9. The second-order valence-electron chi connectivity index (χ2n) is 16.1.